The van der Waals surface area contributed by atoms with E-state index >= 15 is 0 Å². The Morgan fingerprint density at radius 2 is 1.00 bits per heavy atom. The van der Waals surface area contributed by atoms with Gasteiger partial charge in [0.05, 0.1) is 12.5 Å². The highest BCUT2D eigenvalue weighted by Crippen LogP contribution is 2.50. The third kappa shape index (κ3) is 4.06. The van der Waals surface area contributed by atoms with E-state index in [1.165, 1.54) is 16.7 Å². The van der Waals surface area contributed by atoms with Crippen molar-refractivity contribution in [2.75, 3.05) is 7.11 Å². The molecule has 142 valence electrons. The van der Waals surface area contributed by atoms with Crippen LogP contribution < -0.4 is 4.74 Å². The fourth-order valence-corrected chi connectivity index (χ4v) is 4.16. The molecule has 27 heavy (non-hydrogen) atoms. The zero-order valence-electron chi connectivity index (χ0n) is 16.9. The Morgan fingerprint density at radius 1 is 0.630 bits per heavy atom. The lowest BCUT2D eigenvalue weighted by Gasteiger charge is -2.46. The van der Waals surface area contributed by atoms with Crippen LogP contribution in [-0.2, 0) is 5.41 Å². The Bertz CT molecular complexity index is 763. The third-order valence-corrected chi connectivity index (χ3v) is 5.19. The van der Waals surface area contributed by atoms with Crippen LogP contribution in [0.5, 0.6) is 5.75 Å². The average molecular weight is 379 g/mol. The van der Waals surface area contributed by atoms with Crippen LogP contribution in [0, 0.1) is 0 Å². The number of benzene rings is 3. The zero-order valence-corrected chi connectivity index (χ0v) is 17.8. The van der Waals surface area contributed by atoms with Crippen LogP contribution in [0.15, 0.2) is 84.9 Å². The molecule has 0 spiro atoms. The van der Waals surface area contributed by atoms with E-state index in [0.717, 1.165) is 5.75 Å². The summed E-state index contributed by atoms with van der Waals surface area (Å²) in [5.41, 5.74) is 3.27. The van der Waals surface area contributed by atoms with Crippen LogP contribution in [0.2, 0.25) is 0 Å². The minimum Gasteiger partial charge on any atom is -0.497 e. The second kappa shape index (κ2) is 9.14. The molecular formula is C25H30OS. The number of methoxy groups -OCH3 is 1. The van der Waals surface area contributed by atoms with E-state index in [0.29, 0.717) is 0 Å². The van der Waals surface area contributed by atoms with E-state index in [4.69, 9.17) is 17.4 Å². The standard InChI is InChI=1S/C23H24OS.C2H6/c1-22(2,25)23(18-10-6-4-7-11-18,19-12-8-5-9-13-19)20-14-16-21(24-3)17-15-20;1-2/h4-17,25H,1-3H3;1-2H3. The van der Waals surface area contributed by atoms with Crippen molar-refractivity contribution in [1.82, 2.24) is 0 Å². The summed E-state index contributed by atoms with van der Waals surface area (Å²) in [6.45, 7) is 8.36. The smallest absolute Gasteiger partial charge is 0.118 e. The quantitative estimate of drug-likeness (QED) is 0.381. The van der Waals surface area contributed by atoms with E-state index in [9.17, 15) is 0 Å². The minimum absolute atomic E-state index is 0.329. The molecule has 0 aromatic heterocycles. The molecule has 3 rings (SSSR count). The van der Waals surface area contributed by atoms with Gasteiger partial charge in [0.25, 0.3) is 0 Å². The Kier molecular flexibility index (Phi) is 7.15. The number of rotatable bonds is 5. The Hall–Kier alpha value is -2.19. The first kappa shape index (κ1) is 21.1. The van der Waals surface area contributed by atoms with Gasteiger partial charge in [-0.3, -0.25) is 0 Å². The van der Waals surface area contributed by atoms with Crippen molar-refractivity contribution in [3.8, 4) is 5.75 Å². The lowest BCUT2D eigenvalue weighted by molar-refractivity contribution is 0.413. The van der Waals surface area contributed by atoms with Gasteiger partial charge in [-0.15, -0.1) is 0 Å². The SMILES string of the molecule is CC.COc1ccc(C(c2ccccc2)(c2ccccc2)C(C)(C)S)cc1. The maximum absolute atomic E-state index is 5.36. The van der Waals surface area contributed by atoms with Gasteiger partial charge in [-0.25, -0.2) is 0 Å². The molecule has 0 atom stereocenters. The second-order valence-electron chi connectivity index (χ2n) is 6.77. The molecule has 0 aliphatic rings. The van der Waals surface area contributed by atoms with E-state index in [1.54, 1.807) is 7.11 Å². The van der Waals surface area contributed by atoms with Crippen LogP contribution in [0.1, 0.15) is 44.4 Å². The second-order valence-corrected chi connectivity index (χ2v) is 7.89. The molecular weight excluding hydrogens is 348 g/mol. The number of hydrogen-bond donors (Lipinski definition) is 1. The van der Waals surface area contributed by atoms with E-state index in [-0.39, 0.29) is 10.2 Å². The van der Waals surface area contributed by atoms with Gasteiger partial charge >= 0.3 is 0 Å². The summed E-state index contributed by atoms with van der Waals surface area (Å²) < 4.78 is 5.03. The third-order valence-electron chi connectivity index (χ3n) is 4.85. The molecule has 0 aliphatic carbocycles. The van der Waals surface area contributed by atoms with Crippen molar-refractivity contribution < 1.29 is 4.74 Å². The molecule has 1 nitrogen and oxygen atoms in total. The Morgan fingerprint density at radius 3 is 1.33 bits per heavy atom. The molecule has 0 aliphatic heterocycles. The summed E-state index contributed by atoms with van der Waals surface area (Å²) in [4.78, 5) is 0. The number of ether oxygens (including phenoxy) is 1. The fraction of sp³-hybridized carbons (Fsp3) is 0.280. The van der Waals surface area contributed by atoms with Gasteiger partial charge in [0.2, 0.25) is 0 Å². The normalized spacial score (nSPS) is 11.3. The molecule has 0 saturated carbocycles. The average Bonchev–Trinajstić information content (AvgIpc) is 2.71. The molecule has 0 unspecified atom stereocenters. The lowest BCUT2D eigenvalue weighted by atomic mass is 9.62. The molecule has 0 saturated heterocycles. The lowest BCUT2D eigenvalue weighted by Crippen LogP contribution is -2.45. The van der Waals surface area contributed by atoms with Crippen LogP contribution in [0.25, 0.3) is 0 Å². The van der Waals surface area contributed by atoms with E-state index < -0.39 is 0 Å². The molecule has 0 bridgehead atoms. The first-order valence-corrected chi connectivity index (χ1v) is 9.93. The van der Waals surface area contributed by atoms with Crippen molar-refractivity contribution in [1.29, 1.82) is 0 Å². The molecule has 0 heterocycles. The summed E-state index contributed by atoms with van der Waals surface area (Å²) in [7, 11) is 1.69. The van der Waals surface area contributed by atoms with E-state index in [2.05, 4.69) is 86.6 Å². The summed E-state index contributed by atoms with van der Waals surface area (Å²) in [6, 6.07) is 29.6. The van der Waals surface area contributed by atoms with Crippen molar-refractivity contribution in [2.24, 2.45) is 0 Å². The largest absolute Gasteiger partial charge is 0.497 e. The maximum Gasteiger partial charge on any atom is 0.118 e. The number of hydrogen-bond acceptors (Lipinski definition) is 2. The predicted molar refractivity (Wildman–Crippen MR) is 120 cm³/mol. The highest BCUT2D eigenvalue weighted by atomic mass is 32.1. The van der Waals surface area contributed by atoms with Gasteiger partial charge in [-0.1, -0.05) is 86.6 Å². The number of thiol groups is 1. The van der Waals surface area contributed by atoms with Gasteiger partial charge in [0.15, 0.2) is 0 Å². The minimum atomic E-state index is -0.384. The van der Waals surface area contributed by atoms with Crippen LogP contribution in [-0.4, -0.2) is 11.9 Å². The highest BCUT2D eigenvalue weighted by molar-refractivity contribution is 7.81. The van der Waals surface area contributed by atoms with Crippen molar-refractivity contribution in [2.45, 2.75) is 37.9 Å². The van der Waals surface area contributed by atoms with Gasteiger partial charge in [0.1, 0.15) is 5.75 Å². The zero-order chi connectivity index (χ0) is 19.9. The van der Waals surface area contributed by atoms with Crippen molar-refractivity contribution >= 4 is 12.6 Å². The molecule has 3 aromatic carbocycles. The molecule has 0 amide bonds. The fourth-order valence-electron chi connectivity index (χ4n) is 3.78. The van der Waals surface area contributed by atoms with Crippen molar-refractivity contribution in [3.05, 3.63) is 102 Å². The molecule has 0 N–H and O–H groups in total. The topological polar surface area (TPSA) is 9.23 Å². The molecule has 2 heteroatoms. The van der Waals surface area contributed by atoms with Crippen LogP contribution >= 0.6 is 12.6 Å². The Labute approximate surface area is 169 Å². The van der Waals surface area contributed by atoms with Gasteiger partial charge < -0.3 is 4.74 Å². The van der Waals surface area contributed by atoms with Crippen LogP contribution in [0.4, 0.5) is 0 Å². The van der Waals surface area contributed by atoms with E-state index in [1.807, 2.05) is 26.0 Å². The maximum atomic E-state index is 5.36. The van der Waals surface area contributed by atoms with Crippen molar-refractivity contribution in [3.63, 3.8) is 0 Å². The molecule has 3 aromatic rings. The highest BCUT2D eigenvalue weighted by Gasteiger charge is 2.47. The monoisotopic (exact) mass is 378 g/mol. The van der Waals surface area contributed by atoms with Gasteiger partial charge in [-0.2, -0.15) is 12.6 Å². The Balaban J connectivity index is 0.00000126. The molecule has 0 fully saturated rings. The van der Waals surface area contributed by atoms with Crippen LogP contribution in [0.3, 0.4) is 0 Å². The summed E-state index contributed by atoms with van der Waals surface area (Å²) >= 11 is 5.09. The molecule has 0 radical (unpaired) electrons. The van der Waals surface area contributed by atoms with Gasteiger partial charge in [0, 0.05) is 4.75 Å². The van der Waals surface area contributed by atoms with Gasteiger partial charge in [-0.05, 0) is 42.7 Å². The summed E-state index contributed by atoms with van der Waals surface area (Å²) in [5, 5.41) is 0. The first-order chi connectivity index (χ1) is 13.0. The summed E-state index contributed by atoms with van der Waals surface area (Å²) in [6.07, 6.45) is 0. The predicted octanol–water partition coefficient (Wildman–Crippen LogP) is 6.76. The first-order valence-electron chi connectivity index (χ1n) is 9.48. The summed E-state index contributed by atoms with van der Waals surface area (Å²) in [5.74, 6) is 0.857.